The molecule has 0 bridgehead atoms. The zero-order valence-corrected chi connectivity index (χ0v) is 13.7. The van der Waals surface area contributed by atoms with Crippen LogP contribution in [0.1, 0.15) is 0 Å². The topological polar surface area (TPSA) is 3.24 Å². The zero-order valence-electron chi connectivity index (χ0n) is 11.9. The molecule has 0 aliphatic heterocycles. The maximum atomic E-state index is 14.4. The summed E-state index contributed by atoms with van der Waals surface area (Å²) < 4.78 is 28.8. The molecular weight excluding hydrogens is 332 g/mol. The summed E-state index contributed by atoms with van der Waals surface area (Å²) in [5.41, 5.74) is 0.984. The largest absolute Gasteiger partial charge is 0.303 e. The van der Waals surface area contributed by atoms with Crippen LogP contribution in [0.5, 0.6) is 0 Å². The summed E-state index contributed by atoms with van der Waals surface area (Å²) in [5.74, 6) is -1.31. The van der Waals surface area contributed by atoms with E-state index in [4.69, 9.17) is 0 Å². The second-order valence-electron chi connectivity index (χ2n) is 4.88. The fraction of sp³-hybridized carbons (Fsp3) is 0. The Morgan fingerprint density at radius 1 is 0.609 bits per heavy atom. The molecule has 0 heterocycles. The summed E-state index contributed by atoms with van der Waals surface area (Å²) in [5, 5.41) is 0. The monoisotopic (exact) mass is 345 g/mol. The van der Waals surface area contributed by atoms with E-state index >= 15 is 0 Å². The van der Waals surface area contributed by atoms with Gasteiger partial charge in [-0.15, -0.1) is 25.3 Å². The first-order valence-corrected chi connectivity index (χ1v) is 7.79. The van der Waals surface area contributed by atoms with Gasteiger partial charge in [0.05, 0.1) is 11.4 Å². The van der Waals surface area contributed by atoms with Crippen LogP contribution in [0, 0.1) is 11.6 Å². The van der Waals surface area contributed by atoms with E-state index in [1.807, 2.05) is 12.1 Å². The van der Waals surface area contributed by atoms with E-state index < -0.39 is 11.6 Å². The Kier molecular flexibility index (Phi) is 4.59. The molecule has 0 spiro atoms. The number of benzene rings is 3. The van der Waals surface area contributed by atoms with Crippen LogP contribution in [0.4, 0.5) is 25.8 Å². The Bertz CT molecular complexity index is 786. The summed E-state index contributed by atoms with van der Waals surface area (Å²) in [6.45, 7) is 0. The van der Waals surface area contributed by atoms with Crippen molar-refractivity contribution in [1.82, 2.24) is 0 Å². The van der Waals surface area contributed by atoms with Gasteiger partial charge in [-0.3, -0.25) is 0 Å². The van der Waals surface area contributed by atoms with Crippen molar-refractivity contribution in [3.8, 4) is 0 Å². The summed E-state index contributed by atoms with van der Waals surface area (Å²) in [4.78, 5) is 2.70. The molecular formula is C18H13F2NS2. The lowest BCUT2D eigenvalue weighted by molar-refractivity contribution is 0.585. The van der Waals surface area contributed by atoms with Crippen molar-refractivity contribution in [3.63, 3.8) is 0 Å². The third-order valence-electron chi connectivity index (χ3n) is 3.41. The molecule has 0 aromatic heterocycles. The Morgan fingerprint density at radius 2 is 1.04 bits per heavy atom. The average molecular weight is 345 g/mol. The molecule has 0 aliphatic rings. The van der Waals surface area contributed by atoms with Crippen molar-refractivity contribution < 1.29 is 8.78 Å². The van der Waals surface area contributed by atoms with Gasteiger partial charge in [-0.05, 0) is 36.4 Å². The molecule has 116 valence electrons. The number of hydrogen-bond donors (Lipinski definition) is 2. The zero-order chi connectivity index (χ0) is 16.4. The van der Waals surface area contributed by atoms with Crippen LogP contribution >= 0.6 is 25.3 Å². The van der Waals surface area contributed by atoms with Gasteiger partial charge in [-0.2, -0.15) is 0 Å². The Hall–Kier alpha value is -1.98. The quantitative estimate of drug-likeness (QED) is 0.550. The molecule has 0 amide bonds. The van der Waals surface area contributed by atoms with Gasteiger partial charge < -0.3 is 4.90 Å². The highest BCUT2D eigenvalue weighted by molar-refractivity contribution is 7.80. The second-order valence-corrected chi connectivity index (χ2v) is 5.85. The van der Waals surface area contributed by atoms with Crippen LogP contribution in [0.15, 0.2) is 76.5 Å². The van der Waals surface area contributed by atoms with Crippen LogP contribution in [-0.2, 0) is 0 Å². The summed E-state index contributed by atoms with van der Waals surface area (Å²) in [6, 6.07) is 18.1. The number of halogens is 2. The highest BCUT2D eigenvalue weighted by Crippen LogP contribution is 2.42. The van der Waals surface area contributed by atoms with E-state index in [1.165, 1.54) is 23.1 Å². The molecule has 0 N–H and O–H groups in total. The van der Waals surface area contributed by atoms with Gasteiger partial charge in [0.15, 0.2) is 0 Å². The minimum Gasteiger partial charge on any atom is -0.303 e. The fourth-order valence-corrected chi connectivity index (χ4v) is 2.90. The minimum absolute atomic E-state index is 0.157. The van der Waals surface area contributed by atoms with Gasteiger partial charge in [-0.25, -0.2) is 8.78 Å². The molecule has 0 unspecified atom stereocenters. The van der Waals surface area contributed by atoms with Gasteiger partial charge in [0.25, 0.3) is 0 Å². The van der Waals surface area contributed by atoms with Crippen LogP contribution < -0.4 is 4.90 Å². The van der Waals surface area contributed by atoms with Gasteiger partial charge in [0.1, 0.15) is 17.3 Å². The van der Waals surface area contributed by atoms with E-state index in [0.29, 0.717) is 21.2 Å². The summed E-state index contributed by atoms with van der Waals surface area (Å²) >= 11 is 8.86. The van der Waals surface area contributed by atoms with E-state index in [0.717, 1.165) is 0 Å². The van der Waals surface area contributed by atoms with Crippen LogP contribution in [-0.4, -0.2) is 0 Å². The predicted octanol–water partition coefficient (Wildman–Crippen LogP) is 6.01. The van der Waals surface area contributed by atoms with Crippen molar-refractivity contribution in [1.29, 1.82) is 0 Å². The highest BCUT2D eigenvalue weighted by Gasteiger charge is 2.22. The van der Waals surface area contributed by atoms with Crippen molar-refractivity contribution in [3.05, 3.63) is 78.4 Å². The van der Waals surface area contributed by atoms with Gasteiger partial charge in [0, 0.05) is 9.79 Å². The van der Waals surface area contributed by atoms with Crippen LogP contribution in [0.2, 0.25) is 0 Å². The predicted molar refractivity (Wildman–Crippen MR) is 95.5 cm³/mol. The standard InChI is InChI=1S/C18H13F2NS2/c19-12-6-5-7-13(20)18(12)21(14-8-1-3-10-16(14)22)15-9-2-4-11-17(15)23/h1-11,22-23H. The lowest BCUT2D eigenvalue weighted by Gasteiger charge is -2.28. The first kappa shape index (κ1) is 15.9. The molecule has 3 aromatic carbocycles. The van der Waals surface area contributed by atoms with Gasteiger partial charge >= 0.3 is 0 Å². The second kappa shape index (κ2) is 6.64. The van der Waals surface area contributed by atoms with E-state index in [1.54, 1.807) is 36.4 Å². The van der Waals surface area contributed by atoms with Crippen molar-refractivity contribution in [2.24, 2.45) is 0 Å². The molecule has 3 rings (SSSR count). The molecule has 0 saturated carbocycles. The van der Waals surface area contributed by atoms with E-state index in [-0.39, 0.29) is 5.69 Å². The molecule has 0 radical (unpaired) electrons. The minimum atomic E-state index is -0.654. The lowest BCUT2D eigenvalue weighted by Crippen LogP contribution is -2.14. The number of para-hydroxylation sites is 3. The number of hydrogen-bond acceptors (Lipinski definition) is 3. The Labute approximate surface area is 144 Å². The number of thiol groups is 2. The fourth-order valence-electron chi connectivity index (χ4n) is 2.38. The Morgan fingerprint density at radius 3 is 1.48 bits per heavy atom. The molecule has 23 heavy (non-hydrogen) atoms. The lowest BCUT2D eigenvalue weighted by atomic mass is 10.1. The smallest absolute Gasteiger partial charge is 0.150 e. The SMILES string of the molecule is Fc1cccc(F)c1N(c1ccccc1S)c1ccccc1S. The summed E-state index contributed by atoms with van der Waals surface area (Å²) in [6.07, 6.45) is 0. The van der Waals surface area contributed by atoms with Crippen molar-refractivity contribution in [2.45, 2.75) is 9.79 Å². The number of anilines is 3. The third-order valence-corrected chi connectivity index (χ3v) is 4.16. The molecule has 3 aromatic rings. The first-order valence-electron chi connectivity index (χ1n) is 6.89. The number of nitrogens with zero attached hydrogens (tertiary/aromatic N) is 1. The van der Waals surface area contributed by atoms with Crippen molar-refractivity contribution in [2.75, 3.05) is 4.90 Å². The molecule has 5 heteroatoms. The van der Waals surface area contributed by atoms with Crippen molar-refractivity contribution >= 4 is 42.3 Å². The first-order chi connectivity index (χ1) is 11.1. The normalized spacial score (nSPS) is 10.6. The van der Waals surface area contributed by atoms with E-state index in [2.05, 4.69) is 25.3 Å². The molecule has 1 nitrogen and oxygen atoms in total. The average Bonchev–Trinajstić information content (AvgIpc) is 2.53. The van der Waals surface area contributed by atoms with E-state index in [9.17, 15) is 8.78 Å². The molecule has 0 saturated heterocycles. The molecule has 0 aliphatic carbocycles. The van der Waals surface area contributed by atoms with Crippen LogP contribution in [0.3, 0.4) is 0 Å². The summed E-state index contributed by atoms with van der Waals surface area (Å²) in [7, 11) is 0. The van der Waals surface area contributed by atoms with Crippen LogP contribution in [0.25, 0.3) is 0 Å². The molecule has 0 atom stereocenters. The maximum absolute atomic E-state index is 14.4. The Balaban J connectivity index is 2.32. The highest BCUT2D eigenvalue weighted by atomic mass is 32.1. The third kappa shape index (κ3) is 3.07. The van der Waals surface area contributed by atoms with Gasteiger partial charge in [-0.1, -0.05) is 30.3 Å². The number of rotatable bonds is 3. The maximum Gasteiger partial charge on any atom is 0.150 e. The molecule has 0 fully saturated rings. The van der Waals surface area contributed by atoms with Gasteiger partial charge in [0.2, 0.25) is 0 Å².